The summed E-state index contributed by atoms with van der Waals surface area (Å²) in [4.78, 5) is 103. The highest BCUT2D eigenvalue weighted by atomic mass is 16.4. The van der Waals surface area contributed by atoms with E-state index in [2.05, 4.69) is 31.2 Å². The number of Topliss-reactive ketones (excluding diaryl/α,β-unsaturated/α-hetero) is 1. The lowest BCUT2D eigenvalue weighted by atomic mass is 9.85. The molecule has 1 aliphatic heterocycles. The van der Waals surface area contributed by atoms with Gasteiger partial charge in [-0.05, 0) is 48.0 Å². The van der Waals surface area contributed by atoms with Gasteiger partial charge in [0, 0.05) is 25.4 Å². The van der Waals surface area contributed by atoms with Crippen LogP contribution in [0.3, 0.4) is 0 Å². The first-order chi connectivity index (χ1) is 25.5. The van der Waals surface area contributed by atoms with Crippen molar-refractivity contribution in [1.29, 1.82) is 0 Å². The van der Waals surface area contributed by atoms with Gasteiger partial charge in [-0.1, -0.05) is 84.7 Å². The second-order valence-corrected chi connectivity index (χ2v) is 15.7. The number of likely N-dealkylation sites (tertiary alicyclic amines) is 1. The van der Waals surface area contributed by atoms with Crippen LogP contribution in [0.15, 0.2) is 48.9 Å². The highest BCUT2D eigenvalue weighted by Gasteiger charge is 2.52. The minimum absolute atomic E-state index is 0.0219. The Kier molecular flexibility index (Phi) is 14.0. The number of carboxylic acids is 1. The third-order valence-corrected chi connectivity index (χ3v) is 10.2. The van der Waals surface area contributed by atoms with Gasteiger partial charge in [-0.15, -0.1) is 0 Å². The van der Waals surface area contributed by atoms with Crippen molar-refractivity contribution in [3.05, 3.63) is 60.2 Å². The second kappa shape index (κ2) is 18.2. The first-order valence-corrected chi connectivity index (χ1v) is 18.6. The van der Waals surface area contributed by atoms with Crippen molar-refractivity contribution >= 4 is 41.3 Å². The zero-order chi connectivity index (χ0) is 39.7. The number of aromatic nitrogens is 2. The molecule has 0 radical (unpaired) electrons. The van der Waals surface area contributed by atoms with Crippen LogP contribution in [0.1, 0.15) is 89.7 Å². The van der Waals surface area contributed by atoms with E-state index in [0.717, 1.165) is 12.8 Å². The predicted molar refractivity (Wildman–Crippen MR) is 197 cm³/mol. The Morgan fingerprint density at radius 2 is 1.63 bits per heavy atom. The normalized spacial score (nSPS) is 20.2. The van der Waals surface area contributed by atoms with Crippen molar-refractivity contribution in [1.82, 2.24) is 36.1 Å². The summed E-state index contributed by atoms with van der Waals surface area (Å²) in [6.07, 6.45) is 6.90. The average molecular weight is 748 g/mol. The Morgan fingerprint density at radius 3 is 2.22 bits per heavy atom. The van der Waals surface area contributed by atoms with Crippen LogP contribution in [0.5, 0.6) is 0 Å². The molecule has 1 saturated heterocycles. The molecule has 2 aromatic rings. The van der Waals surface area contributed by atoms with Crippen molar-refractivity contribution in [3.8, 4) is 0 Å². The number of amides is 5. The lowest BCUT2D eigenvalue weighted by Crippen LogP contribution is -2.62. The first kappa shape index (κ1) is 41.5. The number of carboxylic acid groups (broad SMARTS) is 1. The van der Waals surface area contributed by atoms with Crippen LogP contribution in [-0.4, -0.2) is 98.0 Å². The maximum absolute atomic E-state index is 14.5. The van der Waals surface area contributed by atoms with E-state index in [1.165, 1.54) is 23.5 Å². The molecule has 5 N–H and O–H groups in total. The lowest BCUT2D eigenvalue weighted by Gasteiger charge is -2.37. The van der Waals surface area contributed by atoms with Gasteiger partial charge in [0.15, 0.2) is 0 Å². The van der Waals surface area contributed by atoms with E-state index in [4.69, 9.17) is 0 Å². The first-order valence-electron chi connectivity index (χ1n) is 18.6. The number of carbonyl (C=O) groups excluding carboxylic acids is 6. The molecule has 1 aromatic heterocycles. The van der Waals surface area contributed by atoms with E-state index in [-0.39, 0.29) is 42.8 Å². The number of hydrogen-bond acceptors (Lipinski definition) is 9. The number of ketones is 1. The van der Waals surface area contributed by atoms with Gasteiger partial charge < -0.3 is 31.3 Å². The molecule has 0 unspecified atom stereocenters. The van der Waals surface area contributed by atoms with Crippen LogP contribution in [0.25, 0.3) is 0 Å². The van der Waals surface area contributed by atoms with Gasteiger partial charge in [-0.2, -0.15) is 0 Å². The molecule has 7 atom stereocenters. The molecular formula is C39H53N7O8. The molecule has 2 heterocycles. The van der Waals surface area contributed by atoms with Crippen LogP contribution in [0.4, 0.5) is 0 Å². The van der Waals surface area contributed by atoms with Crippen molar-refractivity contribution < 1.29 is 38.7 Å². The Labute approximate surface area is 315 Å². The maximum atomic E-state index is 14.5. The fourth-order valence-electron chi connectivity index (χ4n) is 7.33. The van der Waals surface area contributed by atoms with E-state index in [1.807, 2.05) is 0 Å². The van der Waals surface area contributed by atoms with Gasteiger partial charge in [0.1, 0.15) is 29.9 Å². The molecule has 1 aliphatic carbocycles. The summed E-state index contributed by atoms with van der Waals surface area (Å²) >= 11 is 0. The van der Waals surface area contributed by atoms with Gasteiger partial charge >= 0.3 is 5.97 Å². The summed E-state index contributed by atoms with van der Waals surface area (Å²) < 4.78 is 0. The van der Waals surface area contributed by atoms with Crippen LogP contribution < -0.4 is 21.3 Å². The van der Waals surface area contributed by atoms with Crippen LogP contribution >= 0.6 is 0 Å². The number of nitrogens with zero attached hydrogens (tertiary/aromatic N) is 3. The molecule has 292 valence electrons. The number of fused-ring (bicyclic) bond motifs is 1. The lowest BCUT2D eigenvalue weighted by molar-refractivity contribution is -0.147. The van der Waals surface area contributed by atoms with Gasteiger partial charge in [-0.3, -0.25) is 33.8 Å². The molecule has 54 heavy (non-hydrogen) atoms. The summed E-state index contributed by atoms with van der Waals surface area (Å²) in [6.45, 7) is 11.0. The molecule has 0 bridgehead atoms. The zero-order valence-corrected chi connectivity index (χ0v) is 31.8. The zero-order valence-electron chi connectivity index (χ0n) is 31.8. The maximum Gasteiger partial charge on any atom is 0.326 e. The number of aliphatic carboxylic acids is 1. The highest BCUT2D eigenvalue weighted by Crippen LogP contribution is 2.43. The van der Waals surface area contributed by atoms with Gasteiger partial charge in [0.25, 0.3) is 11.8 Å². The summed E-state index contributed by atoms with van der Waals surface area (Å²) in [7, 11) is 0. The minimum Gasteiger partial charge on any atom is -0.480 e. The number of hydrogen-bond donors (Lipinski definition) is 5. The Hall–Kier alpha value is -5.21. The number of benzene rings is 1. The molecular weight excluding hydrogens is 694 g/mol. The molecule has 1 saturated carbocycles. The van der Waals surface area contributed by atoms with E-state index in [9.17, 15) is 38.7 Å². The minimum atomic E-state index is -1.37. The third-order valence-electron chi connectivity index (χ3n) is 10.2. The predicted octanol–water partition coefficient (Wildman–Crippen LogP) is 2.06. The SMILES string of the molecule is CCC[C@@H](NC(=O)[C@@H]1[C@H]2CCC[C@H]2CN1C(=O)[C@@H](NC(=O)[C@@H](NC(=O)c1cnccn1)C(C)C)C(C)(C)C)C(=O)C(=O)N[C@@H](Cc1ccccc1)C(=O)O. The van der Waals surface area contributed by atoms with E-state index in [1.54, 1.807) is 71.9 Å². The Morgan fingerprint density at radius 1 is 0.926 bits per heavy atom. The summed E-state index contributed by atoms with van der Waals surface area (Å²) in [5.74, 6) is -6.20. The third kappa shape index (κ3) is 10.3. The van der Waals surface area contributed by atoms with Gasteiger partial charge in [0.05, 0.1) is 12.2 Å². The Balaban J connectivity index is 1.52. The molecule has 2 aliphatic rings. The molecule has 5 amide bonds. The van der Waals surface area contributed by atoms with E-state index < -0.39 is 76.9 Å². The quantitative estimate of drug-likeness (QED) is 0.158. The summed E-state index contributed by atoms with van der Waals surface area (Å²) in [5.41, 5.74) is -0.131. The summed E-state index contributed by atoms with van der Waals surface area (Å²) in [6, 6.07) is 2.98. The smallest absolute Gasteiger partial charge is 0.326 e. The van der Waals surface area contributed by atoms with Gasteiger partial charge in [0.2, 0.25) is 23.5 Å². The Bertz CT molecular complexity index is 1680. The van der Waals surface area contributed by atoms with Crippen molar-refractivity contribution in [3.63, 3.8) is 0 Å². The number of rotatable bonds is 16. The van der Waals surface area contributed by atoms with Crippen LogP contribution in [-0.2, 0) is 35.2 Å². The molecule has 0 spiro atoms. The molecule has 15 heteroatoms. The monoisotopic (exact) mass is 747 g/mol. The molecule has 4 rings (SSSR count). The average Bonchev–Trinajstić information content (AvgIpc) is 3.73. The van der Waals surface area contributed by atoms with Crippen LogP contribution in [0, 0.1) is 23.2 Å². The van der Waals surface area contributed by atoms with Crippen molar-refractivity contribution in [2.75, 3.05) is 6.54 Å². The van der Waals surface area contributed by atoms with Gasteiger partial charge in [-0.25, -0.2) is 9.78 Å². The topological polar surface area (TPSA) is 217 Å². The van der Waals surface area contributed by atoms with E-state index in [0.29, 0.717) is 18.4 Å². The summed E-state index contributed by atoms with van der Waals surface area (Å²) in [5, 5.41) is 20.4. The number of carbonyl (C=O) groups is 7. The fraction of sp³-hybridized carbons (Fsp3) is 0.564. The fourth-order valence-corrected chi connectivity index (χ4v) is 7.33. The van der Waals surface area contributed by atoms with Crippen LogP contribution in [0.2, 0.25) is 0 Å². The van der Waals surface area contributed by atoms with E-state index >= 15 is 0 Å². The highest BCUT2D eigenvalue weighted by molar-refractivity contribution is 6.38. The second-order valence-electron chi connectivity index (χ2n) is 15.7. The molecule has 1 aromatic carbocycles. The molecule has 15 nitrogen and oxygen atoms in total. The van der Waals surface area contributed by atoms with Crippen molar-refractivity contribution in [2.24, 2.45) is 23.2 Å². The molecule has 2 fully saturated rings. The number of nitrogens with one attached hydrogen (secondary N) is 4. The van der Waals surface area contributed by atoms with Crippen molar-refractivity contribution in [2.45, 2.75) is 110 Å². The standard InChI is InChI=1S/C39H53N7O8/c1-7-12-26(31(47)36(51)43-27(38(53)54)19-23-13-9-8-10-14-23)42-35(50)30-25-16-11-15-24(25)21-46(30)37(52)32(39(4,5)6)45-34(49)29(22(2)3)44-33(48)28-20-40-17-18-41-28/h8-10,13-14,17-18,20,22,24-27,29-30,32H,7,11-12,15-16,19,21H2,1-6H3,(H,42,50)(H,43,51)(H,44,48)(H,45,49)(H,53,54)/t24-,25-,26+,27-,29-,30-,32+/m0/s1. The largest absolute Gasteiger partial charge is 0.480 e.